The molecule has 1 aromatic carbocycles. The molecule has 0 aliphatic heterocycles. The molecule has 0 radical (unpaired) electrons. The number of carbonyl (C=O) groups excluding carboxylic acids is 1. The molecule has 4 heterocycles. The maximum Gasteiger partial charge on any atom is 0.256 e. The van der Waals surface area contributed by atoms with E-state index < -0.39 is 0 Å². The minimum atomic E-state index is -0.250. The van der Waals surface area contributed by atoms with Crippen LogP contribution in [0.15, 0.2) is 59.2 Å². The summed E-state index contributed by atoms with van der Waals surface area (Å²) < 4.78 is 9.03. The molecule has 5 rings (SSSR count). The predicted octanol–water partition coefficient (Wildman–Crippen LogP) is 4.59. The molecule has 0 fully saturated rings. The van der Waals surface area contributed by atoms with E-state index in [9.17, 15) is 4.79 Å². The third-order valence-electron chi connectivity index (χ3n) is 5.52. The summed E-state index contributed by atoms with van der Waals surface area (Å²) >= 11 is 0. The number of furan rings is 1. The van der Waals surface area contributed by atoms with Crippen LogP contribution in [-0.4, -0.2) is 30.5 Å². The van der Waals surface area contributed by atoms with E-state index in [1.54, 1.807) is 23.1 Å². The molecule has 0 aliphatic rings. The molecule has 1 amide bonds. The smallest absolute Gasteiger partial charge is 0.256 e. The van der Waals surface area contributed by atoms with Crippen molar-refractivity contribution in [2.75, 3.05) is 5.32 Å². The number of hydrogen-bond acceptors (Lipinski definition) is 5. The summed E-state index contributed by atoms with van der Waals surface area (Å²) in [6, 6.07) is 15.2. The third-order valence-corrected chi connectivity index (χ3v) is 5.52. The topological polar surface area (TPSA) is 90.8 Å². The molecule has 0 aliphatic carbocycles. The maximum absolute atomic E-state index is 13.5. The van der Waals surface area contributed by atoms with E-state index in [4.69, 9.17) is 4.42 Å². The lowest BCUT2D eigenvalue weighted by Gasteiger charge is -2.09. The second-order valence-electron chi connectivity index (χ2n) is 7.69. The number of fused-ring (bicyclic) bond motifs is 1. The van der Waals surface area contributed by atoms with Gasteiger partial charge < -0.3 is 9.73 Å². The fourth-order valence-corrected chi connectivity index (χ4v) is 4.00. The number of aromatic nitrogens is 5. The van der Waals surface area contributed by atoms with Gasteiger partial charge in [-0.05, 0) is 51.1 Å². The van der Waals surface area contributed by atoms with Crippen LogP contribution in [0.25, 0.3) is 28.2 Å². The Morgan fingerprint density at radius 1 is 1.00 bits per heavy atom. The highest BCUT2D eigenvalue weighted by Crippen LogP contribution is 2.29. The van der Waals surface area contributed by atoms with E-state index >= 15 is 0 Å². The molecule has 0 unspecified atom stereocenters. The lowest BCUT2D eigenvalue weighted by molar-refractivity contribution is 0.102. The van der Waals surface area contributed by atoms with Crippen molar-refractivity contribution in [2.45, 2.75) is 20.8 Å². The number of hydrogen-bond donors (Lipinski definition) is 1. The molecule has 32 heavy (non-hydrogen) atoms. The van der Waals surface area contributed by atoms with Gasteiger partial charge in [0.05, 0.1) is 45.7 Å². The van der Waals surface area contributed by atoms with Crippen LogP contribution in [0.4, 0.5) is 5.69 Å². The zero-order chi connectivity index (χ0) is 22.4. The Morgan fingerprint density at radius 3 is 2.50 bits per heavy atom. The van der Waals surface area contributed by atoms with Crippen LogP contribution in [0, 0.1) is 20.8 Å². The largest absolute Gasteiger partial charge is 0.463 e. The second-order valence-corrected chi connectivity index (χ2v) is 7.69. The minimum absolute atomic E-state index is 0.250. The highest BCUT2D eigenvalue weighted by atomic mass is 16.3. The lowest BCUT2D eigenvalue weighted by Crippen LogP contribution is -2.14. The minimum Gasteiger partial charge on any atom is -0.463 e. The van der Waals surface area contributed by atoms with Gasteiger partial charge in [-0.25, -0.2) is 9.67 Å². The van der Waals surface area contributed by atoms with Crippen molar-refractivity contribution in [3.05, 3.63) is 77.4 Å². The Labute approximate surface area is 184 Å². The van der Waals surface area contributed by atoms with E-state index in [0.717, 1.165) is 22.8 Å². The monoisotopic (exact) mass is 426 g/mol. The van der Waals surface area contributed by atoms with Gasteiger partial charge in [-0.1, -0.05) is 18.2 Å². The Hall–Kier alpha value is -4.20. The van der Waals surface area contributed by atoms with Gasteiger partial charge in [-0.3, -0.25) is 9.48 Å². The van der Waals surface area contributed by atoms with Crippen molar-refractivity contribution < 1.29 is 9.21 Å². The van der Waals surface area contributed by atoms with Crippen molar-refractivity contribution in [1.29, 1.82) is 0 Å². The summed E-state index contributed by atoms with van der Waals surface area (Å²) in [4.78, 5) is 18.2. The zero-order valence-electron chi connectivity index (χ0n) is 18.2. The van der Waals surface area contributed by atoms with Gasteiger partial charge in [0.2, 0.25) is 0 Å². The molecule has 8 heteroatoms. The first-order chi connectivity index (χ1) is 15.4. The highest BCUT2D eigenvalue weighted by Gasteiger charge is 2.22. The average Bonchev–Trinajstić information content (AvgIpc) is 3.50. The SMILES string of the molecule is Cc1nn(-c2ccccc2)c(C)c1NC(=O)c1cc(-c2ccco2)nc2c1c(C)nn2C. The molecule has 0 saturated carbocycles. The second kappa shape index (κ2) is 7.49. The molecular weight excluding hydrogens is 404 g/mol. The quantitative estimate of drug-likeness (QED) is 0.454. The standard InChI is InChI=1S/C24H22N6O2/c1-14-21-18(13-19(20-11-8-12-32-20)25-23(21)29(4)27-14)24(31)26-22-15(2)28-30(16(22)3)17-9-6-5-7-10-17/h5-13H,1-4H3,(H,26,31). The molecular formula is C24H22N6O2. The number of nitrogens with one attached hydrogen (secondary N) is 1. The number of rotatable bonds is 4. The first kappa shape index (κ1) is 19.7. The number of amides is 1. The summed E-state index contributed by atoms with van der Waals surface area (Å²) in [5.41, 5.74) is 5.62. The van der Waals surface area contributed by atoms with Crippen molar-refractivity contribution in [3.8, 4) is 17.1 Å². The van der Waals surface area contributed by atoms with E-state index in [-0.39, 0.29) is 5.91 Å². The summed E-state index contributed by atoms with van der Waals surface area (Å²) in [6.45, 7) is 5.69. The Morgan fingerprint density at radius 2 is 1.78 bits per heavy atom. The first-order valence-electron chi connectivity index (χ1n) is 10.2. The zero-order valence-corrected chi connectivity index (χ0v) is 18.2. The number of nitrogens with zero attached hydrogens (tertiary/aromatic N) is 5. The molecule has 1 N–H and O–H groups in total. The summed E-state index contributed by atoms with van der Waals surface area (Å²) in [5, 5.41) is 12.9. The number of benzene rings is 1. The van der Waals surface area contributed by atoms with Crippen molar-refractivity contribution in [3.63, 3.8) is 0 Å². The molecule has 160 valence electrons. The Balaban J connectivity index is 1.60. The van der Waals surface area contributed by atoms with Gasteiger partial charge in [0.25, 0.3) is 5.91 Å². The van der Waals surface area contributed by atoms with E-state index in [1.807, 2.05) is 68.9 Å². The summed E-state index contributed by atoms with van der Waals surface area (Å²) in [5.74, 6) is 0.337. The number of pyridine rings is 1. The van der Waals surface area contributed by atoms with Crippen molar-refractivity contribution >= 4 is 22.6 Å². The molecule has 4 aromatic heterocycles. The number of para-hydroxylation sites is 1. The van der Waals surface area contributed by atoms with Crippen LogP contribution in [0.5, 0.6) is 0 Å². The average molecular weight is 426 g/mol. The van der Waals surface area contributed by atoms with E-state index in [1.165, 1.54) is 0 Å². The van der Waals surface area contributed by atoms with Crippen molar-refractivity contribution in [2.24, 2.45) is 7.05 Å². The van der Waals surface area contributed by atoms with Crippen LogP contribution in [-0.2, 0) is 7.05 Å². The summed E-state index contributed by atoms with van der Waals surface area (Å²) in [7, 11) is 1.81. The molecule has 0 spiro atoms. The van der Waals surface area contributed by atoms with Crippen LogP contribution in [0.1, 0.15) is 27.4 Å². The lowest BCUT2D eigenvalue weighted by atomic mass is 10.1. The van der Waals surface area contributed by atoms with Crippen molar-refractivity contribution in [1.82, 2.24) is 24.5 Å². The van der Waals surface area contributed by atoms with Gasteiger partial charge in [0, 0.05) is 7.05 Å². The normalized spacial score (nSPS) is 11.2. The van der Waals surface area contributed by atoms with Gasteiger partial charge in [0.15, 0.2) is 11.4 Å². The Bertz CT molecular complexity index is 1450. The molecule has 5 aromatic rings. The summed E-state index contributed by atoms with van der Waals surface area (Å²) in [6.07, 6.45) is 1.58. The number of aryl methyl sites for hydroxylation is 3. The molecule has 0 saturated heterocycles. The third kappa shape index (κ3) is 3.17. The van der Waals surface area contributed by atoms with Gasteiger partial charge in [-0.15, -0.1) is 0 Å². The molecule has 0 atom stereocenters. The van der Waals surface area contributed by atoms with E-state index in [0.29, 0.717) is 33.7 Å². The van der Waals surface area contributed by atoms with Crippen LogP contribution in [0.2, 0.25) is 0 Å². The Kier molecular flexibility index (Phi) is 4.62. The first-order valence-corrected chi connectivity index (χ1v) is 10.2. The van der Waals surface area contributed by atoms with Crippen LogP contribution < -0.4 is 5.32 Å². The van der Waals surface area contributed by atoms with Crippen LogP contribution >= 0.6 is 0 Å². The fraction of sp³-hybridized carbons (Fsp3) is 0.167. The van der Waals surface area contributed by atoms with Gasteiger partial charge in [-0.2, -0.15) is 10.2 Å². The predicted molar refractivity (Wildman–Crippen MR) is 122 cm³/mol. The number of anilines is 1. The molecule has 0 bridgehead atoms. The fourth-order valence-electron chi connectivity index (χ4n) is 4.00. The number of carbonyl (C=O) groups is 1. The maximum atomic E-state index is 13.5. The van der Waals surface area contributed by atoms with Gasteiger partial charge >= 0.3 is 0 Å². The highest BCUT2D eigenvalue weighted by molar-refractivity contribution is 6.13. The molecule has 8 nitrogen and oxygen atoms in total. The van der Waals surface area contributed by atoms with Gasteiger partial charge in [0.1, 0.15) is 5.69 Å². The van der Waals surface area contributed by atoms with Crippen LogP contribution in [0.3, 0.4) is 0 Å². The van der Waals surface area contributed by atoms with E-state index in [2.05, 4.69) is 20.5 Å².